The molecule has 1 amide bonds. The number of alkyl halides is 3. The summed E-state index contributed by atoms with van der Waals surface area (Å²) in [4.78, 5) is 13.8. The normalized spacial score (nSPS) is 23.0. The summed E-state index contributed by atoms with van der Waals surface area (Å²) in [5.41, 5.74) is -5.96. The van der Waals surface area contributed by atoms with E-state index in [2.05, 4.69) is 4.18 Å². The molecule has 1 unspecified atom stereocenters. The molecule has 0 saturated carbocycles. The highest BCUT2D eigenvalue weighted by Crippen LogP contribution is 2.37. The van der Waals surface area contributed by atoms with E-state index >= 15 is 0 Å². The second-order valence-corrected chi connectivity index (χ2v) is 9.53. The van der Waals surface area contributed by atoms with Crippen molar-refractivity contribution in [1.82, 2.24) is 4.90 Å². The number of amides is 1. The Bertz CT molecular complexity index is 674. The molecule has 0 aromatic heterocycles. The van der Waals surface area contributed by atoms with Gasteiger partial charge in [-0.2, -0.15) is 21.6 Å². The van der Waals surface area contributed by atoms with Crippen LogP contribution in [0.25, 0.3) is 0 Å². The van der Waals surface area contributed by atoms with Gasteiger partial charge in [-0.25, -0.2) is 4.79 Å². The predicted molar refractivity (Wildman–Crippen MR) is 92.0 cm³/mol. The van der Waals surface area contributed by atoms with Crippen molar-refractivity contribution in [2.24, 2.45) is 11.8 Å². The monoisotopic (exact) mass is 413 g/mol. The lowest BCUT2D eigenvalue weighted by molar-refractivity contribution is -0.0525. The highest BCUT2D eigenvalue weighted by atomic mass is 32.2. The van der Waals surface area contributed by atoms with Crippen LogP contribution in [-0.2, 0) is 19.0 Å². The zero-order valence-electron chi connectivity index (χ0n) is 15.7. The Hall–Kier alpha value is -1.45. The highest BCUT2D eigenvalue weighted by molar-refractivity contribution is 7.87. The third-order valence-corrected chi connectivity index (χ3v) is 5.77. The first kappa shape index (κ1) is 21.8. The van der Waals surface area contributed by atoms with Gasteiger partial charge in [0.15, 0.2) is 0 Å². The topological polar surface area (TPSA) is 72.9 Å². The Labute approximate surface area is 157 Å². The molecule has 0 aromatic carbocycles. The number of rotatable bonds is 3. The second kappa shape index (κ2) is 7.89. The number of likely N-dealkylation sites (tertiary alicyclic amines) is 1. The molecule has 0 bridgehead atoms. The van der Waals surface area contributed by atoms with Crippen LogP contribution in [0.3, 0.4) is 0 Å². The Morgan fingerprint density at radius 3 is 2.15 bits per heavy atom. The van der Waals surface area contributed by atoms with Crippen molar-refractivity contribution in [3.63, 3.8) is 0 Å². The fraction of sp³-hybridized carbons (Fsp3) is 0.824. The SMILES string of the molecule is CC(C)(C)OC(=O)N1CCC(C2CC=C(OS(=O)(=O)C(F)(F)F)CC2)CC1. The summed E-state index contributed by atoms with van der Waals surface area (Å²) in [6.45, 7) is 6.58. The van der Waals surface area contributed by atoms with Crippen molar-refractivity contribution in [1.29, 1.82) is 0 Å². The number of carbonyl (C=O) groups is 1. The molecule has 27 heavy (non-hydrogen) atoms. The average molecular weight is 413 g/mol. The number of halogens is 3. The standard InChI is InChI=1S/C17H26F3NO5S/c1-16(2,3)25-15(22)21-10-8-13(9-11-21)12-4-6-14(7-5-12)26-27(23,24)17(18,19)20/h6,12-13H,4-5,7-11H2,1-3H3. The van der Waals surface area contributed by atoms with Gasteiger partial charge in [0, 0.05) is 19.5 Å². The van der Waals surface area contributed by atoms with Crippen molar-refractivity contribution < 1.29 is 35.3 Å². The molecule has 1 fully saturated rings. The number of ether oxygens (including phenoxy) is 1. The molecule has 1 heterocycles. The van der Waals surface area contributed by atoms with E-state index < -0.39 is 21.2 Å². The zero-order valence-corrected chi connectivity index (χ0v) is 16.5. The van der Waals surface area contributed by atoms with Crippen LogP contribution < -0.4 is 0 Å². The van der Waals surface area contributed by atoms with Crippen LogP contribution in [0.1, 0.15) is 52.9 Å². The molecule has 6 nitrogen and oxygen atoms in total. The Balaban J connectivity index is 1.84. The van der Waals surface area contributed by atoms with Gasteiger partial charge in [-0.15, -0.1) is 0 Å². The molecule has 156 valence electrons. The molecule has 0 spiro atoms. The molecular formula is C17H26F3NO5S. The van der Waals surface area contributed by atoms with E-state index in [0.29, 0.717) is 31.8 Å². The maximum Gasteiger partial charge on any atom is 0.534 e. The van der Waals surface area contributed by atoms with Gasteiger partial charge in [0.05, 0.1) is 0 Å². The summed E-state index contributed by atoms with van der Waals surface area (Å²) in [5, 5.41) is 0. The summed E-state index contributed by atoms with van der Waals surface area (Å²) in [5.74, 6) is 0.433. The van der Waals surface area contributed by atoms with Gasteiger partial charge in [-0.05, 0) is 64.4 Å². The maximum absolute atomic E-state index is 12.4. The van der Waals surface area contributed by atoms with Crippen LogP contribution in [0, 0.1) is 11.8 Å². The van der Waals surface area contributed by atoms with Gasteiger partial charge in [0.2, 0.25) is 0 Å². The quantitative estimate of drug-likeness (QED) is 0.513. The lowest BCUT2D eigenvalue weighted by Crippen LogP contribution is -2.43. The first-order chi connectivity index (χ1) is 12.3. The molecule has 0 N–H and O–H groups in total. The van der Waals surface area contributed by atoms with Gasteiger partial charge in [-0.1, -0.05) is 0 Å². The first-order valence-corrected chi connectivity index (χ1v) is 10.4. The summed E-state index contributed by atoms with van der Waals surface area (Å²) in [7, 11) is -5.60. The molecule has 2 aliphatic rings. The largest absolute Gasteiger partial charge is 0.534 e. The molecule has 0 aromatic rings. The van der Waals surface area contributed by atoms with E-state index in [1.165, 1.54) is 6.08 Å². The molecule has 1 aliphatic carbocycles. The van der Waals surface area contributed by atoms with E-state index in [1.807, 2.05) is 20.8 Å². The Kier molecular flexibility index (Phi) is 6.38. The molecule has 1 saturated heterocycles. The summed E-state index contributed by atoms with van der Waals surface area (Å²) in [6, 6.07) is 0. The minimum absolute atomic E-state index is 0.144. The number of allylic oxidation sites excluding steroid dienone is 2. The van der Waals surface area contributed by atoms with Gasteiger partial charge in [-0.3, -0.25) is 0 Å². The van der Waals surface area contributed by atoms with Crippen molar-refractivity contribution in [2.75, 3.05) is 13.1 Å². The van der Waals surface area contributed by atoms with Gasteiger partial charge >= 0.3 is 21.7 Å². The molecule has 1 aliphatic heterocycles. The molecule has 0 radical (unpaired) electrons. The number of hydrogen-bond acceptors (Lipinski definition) is 5. The smallest absolute Gasteiger partial charge is 0.444 e. The molecule has 10 heteroatoms. The fourth-order valence-electron chi connectivity index (χ4n) is 3.40. The van der Waals surface area contributed by atoms with Gasteiger partial charge < -0.3 is 13.8 Å². The van der Waals surface area contributed by atoms with Gasteiger partial charge in [0.1, 0.15) is 11.4 Å². The summed E-state index contributed by atoms with van der Waals surface area (Å²) in [6.07, 6.45) is 3.88. The van der Waals surface area contributed by atoms with Crippen molar-refractivity contribution in [2.45, 2.75) is 64.0 Å². The zero-order chi connectivity index (χ0) is 20.5. The Morgan fingerprint density at radius 2 is 1.70 bits per heavy atom. The molecule has 2 rings (SSSR count). The Morgan fingerprint density at radius 1 is 1.11 bits per heavy atom. The van der Waals surface area contributed by atoms with Crippen LogP contribution in [0.15, 0.2) is 11.8 Å². The van der Waals surface area contributed by atoms with E-state index in [1.54, 1.807) is 4.90 Å². The van der Waals surface area contributed by atoms with Crippen molar-refractivity contribution in [3.05, 3.63) is 11.8 Å². The highest BCUT2D eigenvalue weighted by Gasteiger charge is 2.49. The number of nitrogens with zero attached hydrogens (tertiary/aromatic N) is 1. The van der Waals surface area contributed by atoms with Crippen molar-refractivity contribution in [3.8, 4) is 0 Å². The minimum Gasteiger partial charge on any atom is -0.444 e. The van der Waals surface area contributed by atoms with E-state index in [-0.39, 0.29) is 24.2 Å². The lowest BCUT2D eigenvalue weighted by atomic mass is 9.77. The average Bonchev–Trinajstić information content (AvgIpc) is 2.53. The van der Waals surface area contributed by atoms with Crippen LogP contribution in [0.4, 0.5) is 18.0 Å². The number of hydrogen-bond donors (Lipinski definition) is 0. The van der Waals surface area contributed by atoms with E-state index in [4.69, 9.17) is 4.74 Å². The summed E-state index contributed by atoms with van der Waals surface area (Å²) < 4.78 is 68.8. The fourth-order valence-corrected chi connectivity index (χ4v) is 3.93. The second-order valence-electron chi connectivity index (χ2n) is 7.99. The van der Waals surface area contributed by atoms with E-state index in [0.717, 1.165) is 12.8 Å². The molecule has 1 atom stereocenters. The van der Waals surface area contributed by atoms with Gasteiger partial charge in [0.25, 0.3) is 0 Å². The third-order valence-electron chi connectivity index (χ3n) is 4.77. The number of piperidine rings is 1. The number of carbonyl (C=O) groups excluding carboxylic acids is 1. The molecular weight excluding hydrogens is 387 g/mol. The third kappa shape index (κ3) is 6.02. The lowest BCUT2D eigenvalue weighted by Gasteiger charge is -2.37. The summed E-state index contributed by atoms with van der Waals surface area (Å²) >= 11 is 0. The first-order valence-electron chi connectivity index (χ1n) is 8.96. The van der Waals surface area contributed by atoms with Crippen LogP contribution >= 0.6 is 0 Å². The van der Waals surface area contributed by atoms with Crippen LogP contribution in [0.5, 0.6) is 0 Å². The van der Waals surface area contributed by atoms with Crippen LogP contribution in [-0.4, -0.2) is 43.6 Å². The van der Waals surface area contributed by atoms with E-state index in [9.17, 15) is 26.4 Å². The maximum atomic E-state index is 12.4. The van der Waals surface area contributed by atoms with Crippen LogP contribution in [0.2, 0.25) is 0 Å². The minimum atomic E-state index is -5.60. The van der Waals surface area contributed by atoms with Crippen molar-refractivity contribution >= 4 is 16.2 Å². The predicted octanol–water partition coefficient (Wildman–Crippen LogP) is 4.18.